The van der Waals surface area contributed by atoms with Crippen LogP contribution in [0, 0.1) is 0 Å². The Morgan fingerprint density at radius 2 is 1.45 bits per heavy atom. The summed E-state index contributed by atoms with van der Waals surface area (Å²) in [5, 5.41) is 0. The Labute approximate surface area is 166 Å². The second kappa shape index (κ2) is 7.24. The van der Waals surface area contributed by atoms with Crippen LogP contribution in [-0.4, -0.2) is 33.3 Å². The van der Waals surface area contributed by atoms with Crippen LogP contribution in [0.1, 0.15) is 59.5 Å². The van der Waals surface area contributed by atoms with Crippen molar-refractivity contribution in [3.8, 4) is 22.9 Å². The van der Waals surface area contributed by atoms with Crippen LogP contribution in [0.5, 0.6) is 0 Å². The van der Waals surface area contributed by atoms with Gasteiger partial charge in [-0.05, 0) is 37.1 Å². The summed E-state index contributed by atoms with van der Waals surface area (Å²) in [6.45, 7) is 0. The summed E-state index contributed by atoms with van der Waals surface area (Å²) in [7, 11) is 0. The SMILES string of the molecule is O=C1CC(=NC2CCCCC2)C(=O)c2nc(-c3ccco3)c(-c3ccco3)nc21. The van der Waals surface area contributed by atoms with E-state index in [1.54, 1.807) is 24.3 Å². The monoisotopic (exact) mass is 389 g/mol. The van der Waals surface area contributed by atoms with E-state index in [-0.39, 0.29) is 35.4 Å². The van der Waals surface area contributed by atoms with Gasteiger partial charge < -0.3 is 8.83 Å². The molecule has 146 valence electrons. The predicted molar refractivity (Wildman–Crippen MR) is 105 cm³/mol. The van der Waals surface area contributed by atoms with E-state index < -0.39 is 0 Å². The van der Waals surface area contributed by atoms with Gasteiger partial charge in [-0.15, -0.1) is 0 Å². The van der Waals surface area contributed by atoms with Crippen molar-refractivity contribution in [1.29, 1.82) is 0 Å². The van der Waals surface area contributed by atoms with Crippen LogP contribution < -0.4 is 0 Å². The number of Topliss-reactive ketones (excluding diaryl/α,β-unsaturated/α-hetero) is 2. The number of hydrogen-bond acceptors (Lipinski definition) is 7. The largest absolute Gasteiger partial charge is 0.463 e. The number of carbonyl (C=O) groups excluding carboxylic acids is 2. The highest BCUT2D eigenvalue weighted by Crippen LogP contribution is 2.32. The summed E-state index contributed by atoms with van der Waals surface area (Å²) < 4.78 is 11.0. The van der Waals surface area contributed by atoms with Crippen molar-refractivity contribution in [1.82, 2.24) is 9.97 Å². The summed E-state index contributed by atoms with van der Waals surface area (Å²) in [6.07, 6.45) is 8.33. The van der Waals surface area contributed by atoms with Gasteiger partial charge in [0, 0.05) is 0 Å². The van der Waals surface area contributed by atoms with E-state index in [2.05, 4.69) is 15.0 Å². The first-order valence-corrected chi connectivity index (χ1v) is 9.85. The zero-order chi connectivity index (χ0) is 19.8. The third kappa shape index (κ3) is 3.22. The van der Waals surface area contributed by atoms with Gasteiger partial charge in [0.1, 0.15) is 22.8 Å². The molecular formula is C22H19N3O4. The highest BCUT2D eigenvalue weighted by Gasteiger charge is 2.35. The lowest BCUT2D eigenvalue weighted by Crippen LogP contribution is -2.31. The van der Waals surface area contributed by atoms with Gasteiger partial charge in [-0.1, -0.05) is 19.3 Å². The van der Waals surface area contributed by atoms with Crippen LogP contribution in [0.4, 0.5) is 0 Å². The lowest BCUT2D eigenvalue weighted by molar-refractivity contribution is 0.0957. The van der Waals surface area contributed by atoms with Crippen LogP contribution in [0.25, 0.3) is 22.9 Å². The summed E-state index contributed by atoms with van der Waals surface area (Å²) in [5.41, 5.74) is 1.14. The molecule has 7 nitrogen and oxygen atoms in total. The molecule has 7 heteroatoms. The maximum absolute atomic E-state index is 13.1. The predicted octanol–water partition coefficient (Wildman–Crippen LogP) is 4.54. The molecule has 5 rings (SSSR count). The summed E-state index contributed by atoms with van der Waals surface area (Å²) in [5.74, 6) is 0.328. The Hall–Kier alpha value is -3.35. The minimum Gasteiger partial charge on any atom is -0.463 e. The molecule has 0 N–H and O–H groups in total. The number of rotatable bonds is 3. The van der Waals surface area contributed by atoms with Gasteiger partial charge in [-0.2, -0.15) is 0 Å². The van der Waals surface area contributed by atoms with Gasteiger partial charge >= 0.3 is 0 Å². The van der Waals surface area contributed by atoms with E-state index in [4.69, 9.17) is 8.83 Å². The average molecular weight is 389 g/mol. The lowest BCUT2D eigenvalue weighted by Gasteiger charge is -2.21. The van der Waals surface area contributed by atoms with Gasteiger partial charge in [0.2, 0.25) is 5.78 Å². The Morgan fingerprint density at radius 3 is 2.03 bits per heavy atom. The van der Waals surface area contributed by atoms with E-state index in [1.165, 1.54) is 18.9 Å². The average Bonchev–Trinajstić information content (AvgIpc) is 3.46. The first-order valence-electron chi connectivity index (χ1n) is 9.85. The molecule has 2 aliphatic carbocycles. The van der Waals surface area contributed by atoms with Crippen LogP contribution in [0.15, 0.2) is 50.6 Å². The molecule has 29 heavy (non-hydrogen) atoms. The zero-order valence-electron chi connectivity index (χ0n) is 15.8. The van der Waals surface area contributed by atoms with E-state index in [0.717, 1.165) is 25.7 Å². The second-order valence-corrected chi connectivity index (χ2v) is 7.37. The third-order valence-corrected chi connectivity index (χ3v) is 5.39. The van der Waals surface area contributed by atoms with Gasteiger partial charge in [-0.25, -0.2) is 9.97 Å². The number of fused-ring (bicyclic) bond motifs is 1. The van der Waals surface area contributed by atoms with Crippen molar-refractivity contribution < 1.29 is 18.4 Å². The molecule has 0 spiro atoms. The van der Waals surface area contributed by atoms with Crippen LogP contribution in [-0.2, 0) is 0 Å². The molecule has 0 unspecified atom stereocenters. The third-order valence-electron chi connectivity index (χ3n) is 5.39. The molecule has 0 saturated heterocycles. The number of aromatic nitrogens is 2. The smallest absolute Gasteiger partial charge is 0.227 e. The number of hydrogen-bond donors (Lipinski definition) is 0. The second-order valence-electron chi connectivity index (χ2n) is 7.37. The molecule has 0 atom stereocenters. The van der Waals surface area contributed by atoms with E-state index in [9.17, 15) is 9.59 Å². The maximum atomic E-state index is 13.1. The lowest BCUT2D eigenvalue weighted by atomic mass is 9.92. The normalized spacial score (nSPS) is 19.0. The Kier molecular flexibility index (Phi) is 4.42. The first kappa shape index (κ1) is 17.7. The topological polar surface area (TPSA) is 98.6 Å². The summed E-state index contributed by atoms with van der Waals surface area (Å²) in [4.78, 5) is 39.6. The van der Waals surface area contributed by atoms with Crippen molar-refractivity contribution in [3.05, 3.63) is 48.2 Å². The molecule has 3 aromatic rings. The van der Waals surface area contributed by atoms with Gasteiger partial charge in [0.15, 0.2) is 17.3 Å². The summed E-state index contributed by atoms with van der Waals surface area (Å²) >= 11 is 0. The number of carbonyl (C=O) groups is 2. The molecule has 1 saturated carbocycles. The van der Waals surface area contributed by atoms with E-state index in [1.807, 2.05) is 0 Å². The van der Waals surface area contributed by atoms with E-state index >= 15 is 0 Å². The molecular weight excluding hydrogens is 370 g/mol. The summed E-state index contributed by atoms with van der Waals surface area (Å²) in [6, 6.07) is 7.02. The molecule has 0 aromatic carbocycles. The van der Waals surface area contributed by atoms with E-state index in [0.29, 0.717) is 28.6 Å². The highest BCUT2D eigenvalue weighted by atomic mass is 16.3. The minimum absolute atomic E-state index is 0.0330. The van der Waals surface area contributed by atoms with Gasteiger partial charge in [-0.3, -0.25) is 14.6 Å². The van der Waals surface area contributed by atoms with Crippen molar-refractivity contribution in [2.75, 3.05) is 0 Å². The number of aliphatic imine (C=N–C) groups is 1. The van der Waals surface area contributed by atoms with Crippen LogP contribution in [0.3, 0.4) is 0 Å². The highest BCUT2D eigenvalue weighted by molar-refractivity contribution is 6.52. The van der Waals surface area contributed by atoms with Crippen molar-refractivity contribution >= 4 is 17.3 Å². The van der Waals surface area contributed by atoms with Gasteiger partial charge in [0.25, 0.3) is 0 Å². The zero-order valence-corrected chi connectivity index (χ0v) is 15.8. The fourth-order valence-electron chi connectivity index (χ4n) is 3.95. The van der Waals surface area contributed by atoms with Crippen molar-refractivity contribution in [2.45, 2.75) is 44.6 Å². The first-order chi connectivity index (χ1) is 14.2. The quantitative estimate of drug-likeness (QED) is 0.652. The standard InChI is InChI=1S/C22H19N3O4/c26-15-12-14(23-13-6-2-1-3-7-13)22(27)21-18(15)24-19(16-8-4-10-28-16)20(25-21)17-9-5-11-29-17/h4-5,8-11,13H,1-3,6-7,12H2. The molecule has 2 aliphatic rings. The molecule has 0 aliphatic heterocycles. The Balaban J connectivity index is 1.62. The Morgan fingerprint density at radius 1 is 0.828 bits per heavy atom. The fraction of sp³-hybridized carbons (Fsp3) is 0.318. The van der Waals surface area contributed by atoms with Crippen molar-refractivity contribution in [3.63, 3.8) is 0 Å². The molecule has 0 radical (unpaired) electrons. The van der Waals surface area contributed by atoms with Crippen molar-refractivity contribution in [2.24, 2.45) is 4.99 Å². The maximum Gasteiger partial charge on any atom is 0.227 e. The molecule has 1 fully saturated rings. The van der Waals surface area contributed by atoms with Crippen LogP contribution >= 0.6 is 0 Å². The Bertz CT molecular complexity index is 1090. The molecule has 3 aromatic heterocycles. The number of furan rings is 2. The molecule has 0 bridgehead atoms. The van der Waals surface area contributed by atoms with Gasteiger partial charge in [0.05, 0.1) is 30.7 Å². The minimum atomic E-state index is -0.323. The molecule has 0 amide bonds. The fourth-order valence-corrected chi connectivity index (χ4v) is 3.95. The number of ketones is 2. The number of nitrogens with zero attached hydrogens (tertiary/aromatic N) is 3. The van der Waals surface area contributed by atoms with Crippen LogP contribution in [0.2, 0.25) is 0 Å². The molecule has 3 heterocycles.